The number of aliphatic hydroxyl groups is 3. The third-order valence-corrected chi connectivity index (χ3v) is 19.7. The number of aromatic amines is 1. The summed E-state index contributed by atoms with van der Waals surface area (Å²) in [4.78, 5) is 232. The molecule has 0 unspecified atom stereocenters. The van der Waals surface area contributed by atoms with E-state index in [-0.39, 0.29) is 74.1 Å². The number of unbranched alkanes of at least 4 members (excludes halogenated alkanes) is 3. The van der Waals surface area contributed by atoms with E-state index >= 15 is 0 Å². The molecule has 28 N–H and O–H groups in total. The number of nitrogens with one attached hydrogen (secondary N) is 17. The fourth-order valence-corrected chi connectivity index (χ4v) is 13.5. The third-order valence-electron chi connectivity index (χ3n) is 18.2. The maximum atomic E-state index is 14.6. The molecule has 115 heavy (non-hydrogen) atoms. The summed E-state index contributed by atoms with van der Waals surface area (Å²) in [6.45, 7) is 5.51. The monoisotopic (exact) mass is 1640 g/mol. The zero-order valence-electron chi connectivity index (χ0n) is 65.1. The van der Waals surface area contributed by atoms with Crippen molar-refractivity contribution in [1.29, 1.82) is 0 Å². The molecule has 44 heteroatoms. The minimum Gasteiger partial charge on any atom is -0.508 e. The molecule has 17 amide bonds. The molecule has 4 rings (SSSR count). The van der Waals surface area contributed by atoms with Crippen molar-refractivity contribution in [3.8, 4) is 5.75 Å². The van der Waals surface area contributed by atoms with Crippen LogP contribution in [-0.2, 0) is 89.6 Å². The molecule has 0 aliphatic carbocycles. The number of carbonyl (C=O) groups excluding carboxylic acids is 16. The van der Waals surface area contributed by atoms with Crippen LogP contribution in [0.3, 0.4) is 0 Å². The number of aliphatic carboxylic acids is 1. The highest BCUT2D eigenvalue weighted by Gasteiger charge is 2.43. The predicted octanol–water partition coefficient (Wildman–Crippen LogP) is -8.39. The molecular formula is C71H113N21O22S. The van der Waals surface area contributed by atoms with E-state index in [1.54, 1.807) is 25.6 Å². The number of phenolic OH excluding ortho intramolecular Hbond substituents is 1. The number of imidazole rings is 1. The van der Waals surface area contributed by atoms with Gasteiger partial charge in [0, 0.05) is 48.7 Å². The van der Waals surface area contributed by atoms with E-state index in [1.165, 1.54) is 50.6 Å². The highest BCUT2D eigenvalue weighted by molar-refractivity contribution is 8.00. The number of amides is 17. The number of aromatic nitrogens is 2. The standard InChI is InChI=1S/C71H113N21O22S/c1-35(2)23-45(84-64(107)46(24-39-17-19-41(96)20-18-39)85-69(112)58(37(5)94)91-67(110)48(26-56(102)103)87-68(111)57(36(3)4)89-55(101)31-79-62(105)42(73)32-93)66(109)90-59(38(6)95)70(113)86-47(25-40-27-75-34-81-40)65(108)83-44(14-9-11-21-72)63(106)80-29-53(99)77-28-52(98)78-30-54(100)82-43(61(74)104)13-10-12-22-76-51(97)16-8-7-15-50-60-49(33-115-50)88-71(114)92-60/h17-20,27,34-38,42-50,57-60,93-96H,7-16,21-26,28-33,72-73H2,1-6H3,(H2,74,104)(H,75,81)(H,76,97)(H,77,99)(H,78,98)(H,79,105)(H,80,106)(H,82,100)(H,83,108)(H,84,107)(H,85,112)(H,86,113)(H,87,111)(H,89,101)(H,90,109)(H,91,110)(H,102,103)(H2,88,92,114)/t37-,38-,42+,43+,44+,45+,46+,47+,48+,49+,50+,57+,58+,59+,60+/m1/s1. The number of benzene rings is 1. The average molecular weight is 1640 g/mol. The molecule has 0 saturated carbocycles. The lowest BCUT2D eigenvalue weighted by Crippen LogP contribution is -2.63. The number of nitrogens with zero attached hydrogens (tertiary/aromatic N) is 1. The normalized spacial score (nSPS) is 17.3. The van der Waals surface area contributed by atoms with Crippen LogP contribution in [0.2, 0.25) is 0 Å². The molecule has 3 heterocycles. The number of aliphatic hydroxyl groups excluding tert-OH is 3. The summed E-state index contributed by atoms with van der Waals surface area (Å²) in [5.41, 5.74) is 17.3. The molecule has 640 valence electrons. The summed E-state index contributed by atoms with van der Waals surface area (Å²) in [7, 11) is 0. The van der Waals surface area contributed by atoms with E-state index in [0.717, 1.165) is 32.4 Å². The van der Waals surface area contributed by atoms with Gasteiger partial charge in [-0.25, -0.2) is 9.78 Å². The lowest BCUT2D eigenvalue weighted by Gasteiger charge is -2.29. The Morgan fingerprint density at radius 2 is 1.07 bits per heavy atom. The number of carboxylic acids is 1. The number of nitrogens with two attached hydrogens (primary N) is 3. The Morgan fingerprint density at radius 3 is 1.63 bits per heavy atom. The maximum absolute atomic E-state index is 14.6. The van der Waals surface area contributed by atoms with Crippen LogP contribution in [0.4, 0.5) is 4.79 Å². The Balaban J connectivity index is 1.38. The van der Waals surface area contributed by atoms with Crippen molar-refractivity contribution in [1.82, 2.24) is 95.0 Å². The molecule has 1 aromatic carbocycles. The van der Waals surface area contributed by atoms with E-state index in [1.807, 2.05) is 0 Å². The number of phenols is 1. The quantitative estimate of drug-likeness (QED) is 0.0216. The summed E-state index contributed by atoms with van der Waals surface area (Å²) in [5, 5.41) is 90.8. The number of H-pyrrole nitrogens is 1. The lowest BCUT2D eigenvalue weighted by molar-refractivity contribution is -0.142. The van der Waals surface area contributed by atoms with Gasteiger partial charge in [-0.3, -0.25) is 76.7 Å². The van der Waals surface area contributed by atoms with Crippen LogP contribution in [0, 0.1) is 11.8 Å². The third kappa shape index (κ3) is 35.2. The average Bonchev–Trinajstić information content (AvgIpc) is 1.69. The Morgan fingerprint density at radius 1 is 0.548 bits per heavy atom. The first-order valence-corrected chi connectivity index (χ1v) is 38.9. The largest absolute Gasteiger partial charge is 0.508 e. The molecule has 2 aliphatic rings. The molecule has 1 aromatic heterocycles. The van der Waals surface area contributed by atoms with E-state index in [4.69, 9.17) is 22.3 Å². The molecule has 2 saturated heterocycles. The number of carbonyl (C=O) groups is 17. The van der Waals surface area contributed by atoms with Crippen LogP contribution in [0.25, 0.3) is 0 Å². The minimum absolute atomic E-state index is 0.0607. The number of hydrogen-bond acceptors (Lipinski definition) is 25. The fraction of sp³-hybridized carbons (Fsp3) is 0.634. The van der Waals surface area contributed by atoms with Gasteiger partial charge in [0.15, 0.2) is 0 Å². The van der Waals surface area contributed by atoms with Crippen molar-refractivity contribution in [2.45, 2.75) is 221 Å². The Bertz CT molecular complexity index is 3630. The fourth-order valence-electron chi connectivity index (χ4n) is 11.9. The summed E-state index contributed by atoms with van der Waals surface area (Å²) in [6, 6.07) is -10.8. The maximum Gasteiger partial charge on any atom is 0.315 e. The number of rotatable bonds is 53. The van der Waals surface area contributed by atoms with Crippen LogP contribution in [-0.4, -0.2) is 278 Å². The predicted molar refractivity (Wildman–Crippen MR) is 411 cm³/mol. The van der Waals surface area contributed by atoms with E-state index in [9.17, 15) is 102 Å². The molecule has 0 spiro atoms. The lowest BCUT2D eigenvalue weighted by atomic mass is 9.99. The molecule has 0 radical (unpaired) electrons. The molecule has 43 nitrogen and oxygen atoms in total. The van der Waals surface area contributed by atoms with Gasteiger partial charge in [0.1, 0.15) is 66.2 Å². The molecule has 0 bridgehead atoms. The van der Waals surface area contributed by atoms with Gasteiger partial charge in [0.2, 0.25) is 88.6 Å². The smallest absolute Gasteiger partial charge is 0.315 e. The zero-order chi connectivity index (χ0) is 85.6. The van der Waals surface area contributed by atoms with Gasteiger partial charge in [0.05, 0.1) is 69.8 Å². The summed E-state index contributed by atoms with van der Waals surface area (Å²) >= 11 is 1.80. The van der Waals surface area contributed by atoms with Gasteiger partial charge in [-0.1, -0.05) is 46.2 Å². The molecule has 2 fully saturated rings. The summed E-state index contributed by atoms with van der Waals surface area (Å²) in [5.74, 6) is -16.3. The Hall–Kier alpha value is -10.8. The first kappa shape index (κ1) is 96.5. The second-order valence-electron chi connectivity index (χ2n) is 28.7. The molecular weight excluding hydrogens is 1530 g/mol. The Kier molecular flexibility index (Phi) is 41.7. The van der Waals surface area contributed by atoms with Gasteiger partial charge in [-0.15, -0.1) is 0 Å². The van der Waals surface area contributed by atoms with Gasteiger partial charge in [-0.05, 0) is 108 Å². The van der Waals surface area contributed by atoms with Crippen molar-refractivity contribution in [2.75, 3.05) is 51.6 Å². The summed E-state index contributed by atoms with van der Waals surface area (Å²) in [6.07, 6.45) is 1.27. The van der Waals surface area contributed by atoms with Gasteiger partial charge < -0.3 is 133 Å². The van der Waals surface area contributed by atoms with Crippen LogP contribution in [0.5, 0.6) is 5.75 Å². The van der Waals surface area contributed by atoms with Gasteiger partial charge in [0.25, 0.3) is 0 Å². The van der Waals surface area contributed by atoms with Gasteiger partial charge >= 0.3 is 12.0 Å². The van der Waals surface area contributed by atoms with Crippen molar-refractivity contribution < 1.29 is 107 Å². The topological polar surface area (TPSA) is 691 Å². The van der Waals surface area contributed by atoms with Crippen molar-refractivity contribution in [2.24, 2.45) is 29.0 Å². The minimum atomic E-state index is -2.01. The highest BCUT2D eigenvalue weighted by atomic mass is 32.2. The van der Waals surface area contributed by atoms with E-state index in [0.29, 0.717) is 49.5 Å². The number of thioether (sulfide) groups is 1. The second kappa shape index (κ2) is 49.7. The number of primary amides is 1. The first-order chi connectivity index (χ1) is 54.4. The van der Waals surface area contributed by atoms with Crippen molar-refractivity contribution in [3.05, 3.63) is 48.0 Å². The second-order valence-corrected chi connectivity index (χ2v) is 30.0. The van der Waals surface area contributed by atoms with Crippen LogP contribution in [0.1, 0.15) is 130 Å². The van der Waals surface area contributed by atoms with Crippen LogP contribution < -0.4 is 102 Å². The zero-order valence-corrected chi connectivity index (χ0v) is 65.9. The Labute approximate surface area is 667 Å². The summed E-state index contributed by atoms with van der Waals surface area (Å²) < 4.78 is 0. The molecule has 2 aliphatic heterocycles. The number of carboxylic acid groups (broad SMARTS) is 1. The van der Waals surface area contributed by atoms with Crippen molar-refractivity contribution in [3.63, 3.8) is 0 Å². The number of fused-ring (bicyclic) bond motifs is 1. The van der Waals surface area contributed by atoms with E-state index < -0.39 is 219 Å². The van der Waals surface area contributed by atoms with Crippen LogP contribution in [0.15, 0.2) is 36.8 Å². The number of aromatic hydroxyl groups is 1. The first-order valence-electron chi connectivity index (χ1n) is 37.8. The highest BCUT2D eigenvalue weighted by Crippen LogP contribution is 2.33. The van der Waals surface area contributed by atoms with Crippen molar-refractivity contribution >= 4 is 112 Å². The molecule has 15 atom stereocenters. The SMILES string of the molecule is CC(C)C[C@H](NC(=O)[C@H](Cc1ccc(O)cc1)NC(=O)[C@@H](NC(=O)[C@H](CC(=O)O)NC(=O)[C@@H](NC(=O)CNC(=O)[C@@H](N)CO)C(C)C)[C@@H](C)O)C(=O)N[C@H](C(=O)N[C@@H](Cc1cnc[nH]1)C(=O)N[C@@H](CCCCN)C(=O)NCC(=O)NCC(=O)NCC(=O)N[C@@H](CCCCNC(=O)CCCC[C@@H]1SC[C@@H]2NC(=O)N[C@@H]21)C(N)=O)[C@@H](C)O. The van der Waals surface area contributed by atoms with Crippen LogP contribution >= 0.6 is 11.8 Å². The molecule has 2 aromatic rings. The number of hydrogen-bond donors (Lipinski definition) is 25. The van der Waals surface area contributed by atoms with Gasteiger partial charge in [-0.2, -0.15) is 11.8 Å². The number of urea groups is 1. The van der Waals surface area contributed by atoms with E-state index in [2.05, 4.69) is 95.0 Å².